The topological polar surface area (TPSA) is 59.1 Å². The van der Waals surface area contributed by atoms with Crippen molar-refractivity contribution in [1.29, 1.82) is 0 Å². The molecule has 8 heteroatoms. The third kappa shape index (κ3) is 2.88. The van der Waals surface area contributed by atoms with Gasteiger partial charge in [0.25, 0.3) is 0 Å². The van der Waals surface area contributed by atoms with Gasteiger partial charge in [0.2, 0.25) is 0 Å². The maximum Gasteiger partial charge on any atom is 0.462 e. The minimum atomic E-state index is -0.611. The van der Waals surface area contributed by atoms with Gasteiger partial charge in [0.1, 0.15) is 0 Å². The molecule has 2 amide bonds. The van der Waals surface area contributed by atoms with Crippen LogP contribution in [0.3, 0.4) is 0 Å². The van der Waals surface area contributed by atoms with Crippen molar-refractivity contribution in [2.75, 3.05) is 24.6 Å². The standard InChI is InChI=1S/C8H12N2O4S2/c11-7(9-3-1-5-15-9)13-14-8(12)10-4-2-6-16-10/h1-6H2. The van der Waals surface area contributed by atoms with Gasteiger partial charge in [-0.25, -0.2) is 28.0 Å². The van der Waals surface area contributed by atoms with Crippen LogP contribution in [0.25, 0.3) is 0 Å². The van der Waals surface area contributed by atoms with Gasteiger partial charge in [-0.15, -0.1) is 0 Å². The lowest BCUT2D eigenvalue weighted by Crippen LogP contribution is -2.28. The zero-order chi connectivity index (χ0) is 11.4. The van der Waals surface area contributed by atoms with Crippen LogP contribution in [-0.4, -0.2) is 45.4 Å². The van der Waals surface area contributed by atoms with E-state index in [1.165, 1.54) is 32.5 Å². The Labute approximate surface area is 102 Å². The first-order chi connectivity index (χ1) is 7.77. The molecule has 0 radical (unpaired) electrons. The monoisotopic (exact) mass is 264 g/mol. The van der Waals surface area contributed by atoms with Gasteiger partial charge in [0.15, 0.2) is 0 Å². The fourth-order valence-corrected chi connectivity index (χ4v) is 3.08. The Kier molecular flexibility index (Phi) is 4.05. The van der Waals surface area contributed by atoms with Crippen LogP contribution in [0.2, 0.25) is 0 Å². The van der Waals surface area contributed by atoms with Crippen LogP contribution < -0.4 is 0 Å². The molecule has 90 valence electrons. The first kappa shape index (κ1) is 11.7. The molecule has 0 N–H and O–H groups in total. The minimum Gasteiger partial charge on any atom is -0.248 e. The largest absolute Gasteiger partial charge is 0.462 e. The molecule has 0 saturated carbocycles. The maximum atomic E-state index is 11.3. The number of hydrogen-bond donors (Lipinski definition) is 0. The van der Waals surface area contributed by atoms with E-state index in [9.17, 15) is 9.59 Å². The number of carbonyl (C=O) groups is 2. The molecule has 2 fully saturated rings. The predicted octanol–water partition coefficient (Wildman–Crippen LogP) is 1.88. The van der Waals surface area contributed by atoms with E-state index in [-0.39, 0.29) is 0 Å². The van der Waals surface area contributed by atoms with E-state index >= 15 is 0 Å². The highest BCUT2D eigenvalue weighted by molar-refractivity contribution is 7.97. The second-order valence-electron chi connectivity index (χ2n) is 3.28. The van der Waals surface area contributed by atoms with E-state index in [1.54, 1.807) is 0 Å². The summed E-state index contributed by atoms with van der Waals surface area (Å²) < 4.78 is 2.90. The minimum absolute atomic E-state index is 0.611. The van der Waals surface area contributed by atoms with E-state index in [2.05, 4.69) is 9.78 Å². The molecule has 2 saturated heterocycles. The quantitative estimate of drug-likeness (QED) is 0.378. The molecule has 6 nitrogen and oxygen atoms in total. The predicted molar refractivity (Wildman–Crippen MR) is 60.5 cm³/mol. The van der Waals surface area contributed by atoms with Crippen molar-refractivity contribution < 1.29 is 19.4 Å². The third-order valence-electron chi connectivity index (χ3n) is 2.10. The molecular weight excluding hydrogens is 252 g/mol. The van der Waals surface area contributed by atoms with Crippen LogP contribution in [0.15, 0.2) is 0 Å². The van der Waals surface area contributed by atoms with Crippen LogP contribution in [0.1, 0.15) is 12.8 Å². The van der Waals surface area contributed by atoms with Crippen LogP contribution in [0.4, 0.5) is 9.59 Å². The van der Waals surface area contributed by atoms with E-state index in [0.717, 1.165) is 24.3 Å². The molecule has 0 unspecified atom stereocenters. The molecule has 2 heterocycles. The summed E-state index contributed by atoms with van der Waals surface area (Å²) in [6.07, 6.45) is 0.658. The summed E-state index contributed by atoms with van der Waals surface area (Å²) in [5.41, 5.74) is 0. The maximum absolute atomic E-state index is 11.3. The van der Waals surface area contributed by atoms with Gasteiger partial charge in [-0.05, 0) is 36.7 Å². The molecule has 0 aromatic heterocycles. The highest BCUT2D eigenvalue weighted by Crippen LogP contribution is 2.22. The molecule has 0 bridgehead atoms. The average molecular weight is 264 g/mol. The summed E-state index contributed by atoms with van der Waals surface area (Å²) in [6, 6.07) is 0. The van der Waals surface area contributed by atoms with Gasteiger partial charge >= 0.3 is 12.2 Å². The van der Waals surface area contributed by atoms with E-state index < -0.39 is 12.2 Å². The van der Waals surface area contributed by atoms with Gasteiger partial charge in [-0.1, -0.05) is 0 Å². The number of amides is 2. The van der Waals surface area contributed by atoms with Crippen LogP contribution in [0.5, 0.6) is 0 Å². The summed E-state index contributed by atoms with van der Waals surface area (Å²) in [5.74, 6) is 1.79. The van der Waals surface area contributed by atoms with Gasteiger partial charge in [-0.3, -0.25) is 0 Å². The van der Waals surface area contributed by atoms with Crippen molar-refractivity contribution in [2.45, 2.75) is 12.8 Å². The summed E-state index contributed by atoms with van der Waals surface area (Å²) in [7, 11) is 0. The van der Waals surface area contributed by atoms with Crippen LogP contribution in [0, 0.1) is 0 Å². The highest BCUT2D eigenvalue weighted by atomic mass is 32.2. The lowest BCUT2D eigenvalue weighted by atomic mass is 10.5. The lowest BCUT2D eigenvalue weighted by molar-refractivity contribution is -0.187. The molecule has 2 aliphatic heterocycles. The smallest absolute Gasteiger partial charge is 0.248 e. The number of carbonyl (C=O) groups excluding carboxylic acids is 2. The second-order valence-corrected chi connectivity index (χ2v) is 5.49. The number of hydrogen-bond acceptors (Lipinski definition) is 6. The summed E-state index contributed by atoms with van der Waals surface area (Å²) in [5, 5.41) is 0. The summed E-state index contributed by atoms with van der Waals surface area (Å²) in [4.78, 5) is 31.6. The molecule has 2 aliphatic rings. The molecule has 16 heavy (non-hydrogen) atoms. The SMILES string of the molecule is O=C(OOC(=O)N1CCCS1)N1CCCS1. The molecular formula is C8H12N2O4S2. The third-order valence-corrected chi connectivity index (χ3v) is 4.33. The zero-order valence-corrected chi connectivity index (χ0v) is 10.2. The fraction of sp³-hybridized carbons (Fsp3) is 0.750. The van der Waals surface area contributed by atoms with Crippen molar-refractivity contribution in [3.05, 3.63) is 0 Å². The normalized spacial score (nSPS) is 20.0. The Hall–Kier alpha value is -0.760. The molecule has 0 aliphatic carbocycles. The van der Waals surface area contributed by atoms with Gasteiger partial charge in [0.05, 0.1) is 0 Å². The summed E-state index contributed by atoms with van der Waals surface area (Å²) in [6.45, 7) is 1.28. The Bertz CT molecular complexity index is 249. The molecule has 0 spiro atoms. The Morgan fingerprint density at radius 1 is 0.875 bits per heavy atom. The molecule has 0 aromatic rings. The van der Waals surface area contributed by atoms with E-state index in [1.807, 2.05) is 0 Å². The fourth-order valence-electron chi connectivity index (χ4n) is 1.34. The Balaban J connectivity index is 1.69. The number of rotatable bonds is 0. The molecule has 0 aromatic carbocycles. The van der Waals surface area contributed by atoms with Gasteiger partial charge in [-0.2, -0.15) is 0 Å². The first-order valence-electron chi connectivity index (χ1n) is 5.01. The zero-order valence-electron chi connectivity index (χ0n) is 8.59. The van der Waals surface area contributed by atoms with Crippen molar-refractivity contribution in [2.24, 2.45) is 0 Å². The van der Waals surface area contributed by atoms with Crippen LogP contribution in [-0.2, 0) is 9.78 Å². The Morgan fingerprint density at radius 2 is 1.31 bits per heavy atom. The van der Waals surface area contributed by atoms with Crippen molar-refractivity contribution in [1.82, 2.24) is 8.61 Å². The molecule has 0 atom stereocenters. The average Bonchev–Trinajstić information content (AvgIpc) is 2.95. The van der Waals surface area contributed by atoms with E-state index in [4.69, 9.17) is 0 Å². The van der Waals surface area contributed by atoms with Crippen molar-refractivity contribution >= 4 is 36.1 Å². The highest BCUT2D eigenvalue weighted by Gasteiger charge is 2.26. The van der Waals surface area contributed by atoms with Gasteiger partial charge in [0, 0.05) is 24.6 Å². The Morgan fingerprint density at radius 3 is 1.62 bits per heavy atom. The van der Waals surface area contributed by atoms with Crippen molar-refractivity contribution in [3.8, 4) is 0 Å². The second kappa shape index (κ2) is 5.53. The van der Waals surface area contributed by atoms with E-state index in [0.29, 0.717) is 13.1 Å². The van der Waals surface area contributed by atoms with Crippen molar-refractivity contribution in [3.63, 3.8) is 0 Å². The first-order valence-corrected chi connectivity index (χ1v) is 6.89. The molecule has 2 rings (SSSR count). The lowest BCUT2D eigenvalue weighted by Gasteiger charge is -2.14. The summed E-state index contributed by atoms with van der Waals surface area (Å²) >= 11 is 2.77. The number of nitrogens with zero attached hydrogens (tertiary/aromatic N) is 2. The van der Waals surface area contributed by atoms with Crippen LogP contribution >= 0.6 is 23.9 Å². The van der Waals surface area contributed by atoms with Gasteiger partial charge < -0.3 is 0 Å².